The molecule has 0 atom stereocenters. The highest BCUT2D eigenvalue weighted by molar-refractivity contribution is 5.21. The van der Waals surface area contributed by atoms with E-state index < -0.39 is 12.6 Å². The van der Waals surface area contributed by atoms with Gasteiger partial charge >= 0.3 is 12.2 Å². The highest BCUT2D eigenvalue weighted by Gasteiger charge is 2.28. The van der Waals surface area contributed by atoms with Gasteiger partial charge in [0.15, 0.2) is 0 Å². The maximum Gasteiger partial charge on any atom is 0.390 e. The second-order valence-corrected chi connectivity index (χ2v) is 4.30. The highest BCUT2D eigenvalue weighted by Crippen LogP contribution is 2.21. The van der Waals surface area contributed by atoms with Crippen molar-refractivity contribution >= 4 is 6.01 Å². The monoisotopic (exact) mass is 266 g/mol. The lowest BCUT2D eigenvalue weighted by atomic mass is 10.4. The van der Waals surface area contributed by atoms with Gasteiger partial charge in [0.05, 0.1) is 13.0 Å². The summed E-state index contributed by atoms with van der Waals surface area (Å²) in [4.78, 5) is 1.29. The Labute approximate surface area is 103 Å². The average Bonchev–Trinajstić information content (AvgIpc) is 2.70. The zero-order valence-corrected chi connectivity index (χ0v) is 10.6. The van der Waals surface area contributed by atoms with E-state index in [1.54, 1.807) is 0 Å². The standard InChI is InChI=1S/C10H17F3N4O/c1-7(2)14-6-8-15-16-9(18-8)17(3)5-4-10(11,12)13/h7,14H,4-6H2,1-3H3. The minimum atomic E-state index is -4.18. The van der Waals surface area contributed by atoms with Crippen LogP contribution in [0.3, 0.4) is 0 Å². The lowest BCUT2D eigenvalue weighted by molar-refractivity contribution is -0.132. The Kier molecular flexibility index (Phi) is 4.94. The first-order chi connectivity index (χ1) is 8.28. The van der Waals surface area contributed by atoms with Crippen molar-refractivity contribution in [1.82, 2.24) is 15.5 Å². The number of aromatic nitrogens is 2. The first kappa shape index (κ1) is 14.7. The van der Waals surface area contributed by atoms with Gasteiger partial charge in [0.2, 0.25) is 5.89 Å². The molecule has 0 aliphatic heterocycles. The second-order valence-electron chi connectivity index (χ2n) is 4.30. The highest BCUT2D eigenvalue weighted by atomic mass is 19.4. The summed E-state index contributed by atoms with van der Waals surface area (Å²) in [5.41, 5.74) is 0. The van der Waals surface area contributed by atoms with Crippen molar-refractivity contribution in [2.75, 3.05) is 18.5 Å². The summed E-state index contributed by atoms with van der Waals surface area (Å²) in [6, 6.07) is 0.364. The van der Waals surface area contributed by atoms with Crippen LogP contribution in [0.25, 0.3) is 0 Å². The molecule has 1 rings (SSSR count). The topological polar surface area (TPSA) is 54.2 Å². The maximum atomic E-state index is 12.0. The molecule has 0 aromatic carbocycles. The van der Waals surface area contributed by atoms with E-state index >= 15 is 0 Å². The quantitative estimate of drug-likeness (QED) is 0.853. The predicted molar refractivity (Wildman–Crippen MR) is 60.2 cm³/mol. The van der Waals surface area contributed by atoms with Crippen molar-refractivity contribution in [2.45, 2.75) is 39.0 Å². The summed E-state index contributed by atoms with van der Waals surface area (Å²) >= 11 is 0. The van der Waals surface area contributed by atoms with Crippen molar-refractivity contribution in [2.24, 2.45) is 0 Å². The van der Waals surface area contributed by atoms with E-state index in [2.05, 4.69) is 15.5 Å². The van der Waals surface area contributed by atoms with Crippen LogP contribution in [0.2, 0.25) is 0 Å². The van der Waals surface area contributed by atoms with E-state index in [9.17, 15) is 13.2 Å². The van der Waals surface area contributed by atoms with Crippen LogP contribution in [0.1, 0.15) is 26.2 Å². The molecule has 0 saturated carbocycles. The molecule has 0 aliphatic carbocycles. The molecule has 0 aliphatic rings. The van der Waals surface area contributed by atoms with Gasteiger partial charge in [0, 0.05) is 19.6 Å². The van der Waals surface area contributed by atoms with Gasteiger partial charge in [-0.05, 0) is 0 Å². The summed E-state index contributed by atoms with van der Waals surface area (Å²) in [5.74, 6) is 0.359. The lowest BCUT2D eigenvalue weighted by Crippen LogP contribution is -2.24. The molecule has 18 heavy (non-hydrogen) atoms. The molecule has 0 radical (unpaired) electrons. The molecule has 1 N–H and O–H groups in total. The van der Waals surface area contributed by atoms with Crippen LogP contribution < -0.4 is 10.2 Å². The van der Waals surface area contributed by atoms with Gasteiger partial charge in [-0.3, -0.25) is 0 Å². The van der Waals surface area contributed by atoms with E-state index in [1.807, 2.05) is 13.8 Å². The van der Waals surface area contributed by atoms with E-state index in [0.717, 1.165) is 0 Å². The molecule has 0 unspecified atom stereocenters. The molecule has 0 amide bonds. The van der Waals surface area contributed by atoms with Crippen LogP contribution >= 0.6 is 0 Å². The molecule has 0 spiro atoms. The number of halogens is 3. The molecule has 8 heteroatoms. The van der Waals surface area contributed by atoms with Gasteiger partial charge in [-0.15, -0.1) is 5.10 Å². The molecule has 1 aromatic heterocycles. The van der Waals surface area contributed by atoms with Gasteiger partial charge < -0.3 is 14.6 Å². The third-order valence-electron chi connectivity index (χ3n) is 2.17. The number of rotatable bonds is 6. The molecule has 1 heterocycles. The molecular weight excluding hydrogens is 249 g/mol. The largest absolute Gasteiger partial charge is 0.407 e. The zero-order valence-electron chi connectivity index (χ0n) is 10.6. The van der Waals surface area contributed by atoms with Gasteiger partial charge in [0.25, 0.3) is 0 Å². The minimum absolute atomic E-state index is 0.0970. The summed E-state index contributed by atoms with van der Waals surface area (Å²) in [6.07, 6.45) is -5.10. The molecule has 5 nitrogen and oxygen atoms in total. The molecule has 1 aromatic rings. The Morgan fingerprint density at radius 1 is 1.33 bits per heavy atom. The van der Waals surface area contributed by atoms with E-state index in [1.165, 1.54) is 11.9 Å². The van der Waals surface area contributed by atoms with Crippen LogP contribution in [0.4, 0.5) is 19.2 Å². The summed E-state index contributed by atoms with van der Waals surface area (Å²) in [6.45, 7) is 4.12. The van der Waals surface area contributed by atoms with Crippen LogP contribution in [0, 0.1) is 0 Å². The summed E-state index contributed by atoms with van der Waals surface area (Å²) < 4.78 is 41.4. The molecule has 104 valence electrons. The summed E-state index contributed by atoms with van der Waals surface area (Å²) in [7, 11) is 1.49. The number of hydrogen-bond acceptors (Lipinski definition) is 5. The molecule has 0 saturated heterocycles. The Morgan fingerprint density at radius 2 is 2.00 bits per heavy atom. The molecule has 0 bridgehead atoms. The van der Waals surface area contributed by atoms with Crippen LogP contribution in [-0.2, 0) is 6.54 Å². The van der Waals surface area contributed by atoms with Crippen molar-refractivity contribution in [3.63, 3.8) is 0 Å². The van der Waals surface area contributed by atoms with Crippen LogP contribution in [-0.4, -0.2) is 36.0 Å². The van der Waals surface area contributed by atoms with Gasteiger partial charge in [0.1, 0.15) is 0 Å². The summed E-state index contributed by atoms with van der Waals surface area (Å²) in [5, 5.41) is 10.5. The van der Waals surface area contributed by atoms with Gasteiger partial charge in [-0.2, -0.15) is 13.2 Å². The number of hydrogen-bond donors (Lipinski definition) is 1. The fraction of sp³-hybridized carbons (Fsp3) is 0.800. The predicted octanol–water partition coefficient (Wildman–Crippen LogP) is 1.96. The Balaban J connectivity index is 2.46. The Bertz CT molecular complexity index is 364. The van der Waals surface area contributed by atoms with E-state index in [4.69, 9.17) is 4.42 Å². The van der Waals surface area contributed by atoms with Crippen LogP contribution in [0.15, 0.2) is 4.42 Å². The lowest BCUT2D eigenvalue weighted by Gasteiger charge is -2.14. The fourth-order valence-electron chi connectivity index (χ4n) is 1.15. The molecule has 0 fully saturated rings. The van der Waals surface area contributed by atoms with Crippen molar-refractivity contribution in [3.05, 3.63) is 5.89 Å². The van der Waals surface area contributed by atoms with Crippen molar-refractivity contribution in [3.8, 4) is 0 Å². The number of nitrogens with one attached hydrogen (secondary N) is 1. The Morgan fingerprint density at radius 3 is 2.56 bits per heavy atom. The maximum absolute atomic E-state index is 12.0. The number of anilines is 1. The van der Waals surface area contributed by atoms with Gasteiger partial charge in [-0.25, -0.2) is 0 Å². The molecular formula is C10H17F3N4O. The number of alkyl halides is 3. The SMILES string of the molecule is CC(C)NCc1nnc(N(C)CCC(F)(F)F)o1. The zero-order chi connectivity index (χ0) is 13.8. The fourth-order valence-corrected chi connectivity index (χ4v) is 1.15. The van der Waals surface area contributed by atoms with Gasteiger partial charge in [-0.1, -0.05) is 18.9 Å². The smallest absolute Gasteiger partial charge is 0.390 e. The average molecular weight is 266 g/mol. The third-order valence-corrected chi connectivity index (χ3v) is 2.17. The normalized spacial score (nSPS) is 12.2. The first-order valence-electron chi connectivity index (χ1n) is 5.61. The van der Waals surface area contributed by atoms with Crippen LogP contribution in [0.5, 0.6) is 0 Å². The second kappa shape index (κ2) is 6.03. The van der Waals surface area contributed by atoms with E-state index in [-0.39, 0.29) is 18.6 Å². The first-order valence-corrected chi connectivity index (χ1v) is 5.61. The van der Waals surface area contributed by atoms with Crippen molar-refractivity contribution in [1.29, 1.82) is 0 Å². The number of nitrogens with zero attached hydrogens (tertiary/aromatic N) is 3. The third kappa shape index (κ3) is 5.35. The van der Waals surface area contributed by atoms with Crippen molar-refractivity contribution < 1.29 is 17.6 Å². The van der Waals surface area contributed by atoms with E-state index in [0.29, 0.717) is 12.4 Å². The minimum Gasteiger partial charge on any atom is -0.407 e. The Hall–Kier alpha value is -1.31.